The van der Waals surface area contributed by atoms with Crippen LogP contribution in [0.2, 0.25) is 5.02 Å². The maximum absolute atomic E-state index is 12.7. The first-order chi connectivity index (χ1) is 13.8. The number of nitrogens with one attached hydrogen (secondary N) is 1. The first kappa shape index (κ1) is 21.2. The largest absolute Gasteiger partial charge is 0.348 e. The normalized spacial score (nSPS) is 15.1. The quantitative estimate of drug-likeness (QED) is 0.550. The number of benzene rings is 2. The number of halogens is 1. The Morgan fingerprint density at radius 2 is 1.76 bits per heavy atom. The van der Waals surface area contributed by atoms with Gasteiger partial charge in [-0.05, 0) is 36.6 Å². The number of carbonyl (C=O) groups is 1. The molecule has 0 bridgehead atoms. The summed E-state index contributed by atoms with van der Waals surface area (Å²) in [7, 11) is -3.50. The number of carbonyl (C=O) groups excluding carboxylic acids is 1. The van der Waals surface area contributed by atoms with Crippen LogP contribution in [-0.4, -0.2) is 36.6 Å². The van der Waals surface area contributed by atoms with Crippen LogP contribution in [0.15, 0.2) is 47.4 Å². The molecule has 1 amide bonds. The third-order valence-electron chi connectivity index (χ3n) is 4.74. The van der Waals surface area contributed by atoms with Gasteiger partial charge in [-0.1, -0.05) is 30.2 Å². The number of nitrogens with zero attached hydrogens (tertiary/aromatic N) is 2. The van der Waals surface area contributed by atoms with Crippen LogP contribution in [0.1, 0.15) is 35.2 Å². The maximum atomic E-state index is 12.7. The Kier molecular flexibility index (Phi) is 6.51. The fraction of sp³-hybridized carbons (Fsp3) is 0.316. The Labute approximate surface area is 173 Å². The van der Waals surface area contributed by atoms with Crippen molar-refractivity contribution in [2.24, 2.45) is 0 Å². The van der Waals surface area contributed by atoms with Gasteiger partial charge < -0.3 is 5.32 Å². The molecule has 1 saturated heterocycles. The Hall–Kier alpha value is -2.49. The summed E-state index contributed by atoms with van der Waals surface area (Å²) in [6, 6.07) is 9.99. The summed E-state index contributed by atoms with van der Waals surface area (Å²) in [5, 5.41) is 13.4. The van der Waals surface area contributed by atoms with Crippen LogP contribution in [0.5, 0.6) is 0 Å². The lowest BCUT2D eigenvalue weighted by Gasteiger charge is -2.25. The lowest BCUT2D eigenvalue weighted by Crippen LogP contribution is -2.35. The molecule has 154 valence electrons. The van der Waals surface area contributed by atoms with Gasteiger partial charge in [0.05, 0.1) is 20.4 Å². The zero-order valence-corrected chi connectivity index (χ0v) is 17.1. The summed E-state index contributed by atoms with van der Waals surface area (Å²) in [5.41, 5.74) is 0.646. The number of non-ortho nitro benzene ring substituents is 1. The SMILES string of the molecule is O=C(NCc1ccc(S(=O)(=O)N2CCCCC2)cc1)c1ccc([N+](=O)[O-])cc1Cl. The molecule has 2 aromatic carbocycles. The highest BCUT2D eigenvalue weighted by Gasteiger charge is 2.25. The van der Waals surface area contributed by atoms with Gasteiger partial charge in [-0.3, -0.25) is 14.9 Å². The van der Waals surface area contributed by atoms with E-state index >= 15 is 0 Å². The number of nitro benzene ring substituents is 1. The van der Waals surface area contributed by atoms with Crippen LogP contribution < -0.4 is 5.32 Å². The highest BCUT2D eigenvalue weighted by molar-refractivity contribution is 7.89. The molecule has 0 radical (unpaired) electrons. The highest BCUT2D eigenvalue weighted by atomic mass is 35.5. The van der Waals surface area contributed by atoms with Gasteiger partial charge in [-0.25, -0.2) is 8.42 Å². The van der Waals surface area contributed by atoms with Crippen molar-refractivity contribution in [1.82, 2.24) is 9.62 Å². The zero-order valence-electron chi connectivity index (χ0n) is 15.5. The van der Waals surface area contributed by atoms with Gasteiger partial charge in [0.15, 0.2) is 0 Å². The molecular formula is C19H20ClN3O5S. The minimum Gasteiger partial charge on any atom is -0.348 e. The van der Waals surface area contributed by atoms with Crippen molar-refractivity contribution >= 4 is 33.2 Å². The number of piperidine rings is 1. The molecule has 10 heteroatoms. The Morgan fingerprint density at radius 3 is 2.34 bits per heavy atom. The van der Waals surface area contributed by atoms with Crippen molar-refractivity contribution in [1.29, 1.82) is 0 Å². The first-order valence-electron chi connectivity index (χ1n) is 9.10. The van der Waals surface area contributed by atoms with E-state index in [1.165, 1.54) is 28.6 Å². The van der Waals surface area contributed by atoms with E-state index in [2.05, 4.69) is 5.32 Å². The third-order valence-corrected chi connectivity index (χ3v) is 6.96. The summed E-state index contributed by atoms with van der Waals surface area (Å²) in [4.78, 5) is 22.7. The highest BCUT2D eigenvalue weighted by Crippen LogP contribution is 2.23. The number of amides is 1. The molecular weight excluding hydrogens is 418 g/mol. The molecule has 1 aliphatic heterocycles. The number of rotatable bonds is 6. The van der Waals surface area contributed by atoms with Crippen molar-refractivity contribution in [2.75, 3.05) is 13.1 Å². The Bertz CT molecular complexity index is 1020. The van der Waals surface area contributed by atoms with E-state index in [0.717, 1.165) is 25.3 Å². The predicted molar refractivity (Wildman–Crippen MR) is 108 cm³/mol. The second kappa shape index (κ2) is 8.89. The zero-order chi connectivity index (χ0) is 21.0. The standard InChI is InChI=1S/C19H20ClN3O5S/c20-18-12-15(23(25)26)6-9-17(18)19(24)21-13-14-4-7-16(8-5-14)29(27,28)22-10-2-1-3-11-22/h4-9,12H,1-3,10-11,13H2,(H,21,24). The van der Waals surface area contributed by atoms with Crippen LogP contribution in [0.4, 0.5) is 5.69 Å². The lowest BCUT2D eigenvalue weighted by molar-refractivity contribution is -0.384. The molecule has 1 N–H and O–H groups in total. The van der Waals surface area contributed by atoms with Crippen molar-refractivity contribution in [3.63, 3.8) is 0 Å². The number of hydrogen-bond donors (Lipinski definition) is 1. The van der Waals surface area contributed by atoms with Gasteiger partial charge >= 0.3 is 0 Å². The molecule has 0 aliphatic carbocycles. The summed E-state index contributed by atoms with van der Waals surface area (Å²) in [5.74, 6) is -0.477. The van der Waals surface area contributed by atoms with Crippen molar-refractivity contribution in [2.45, 2.75) is 30.7 Å². The summed E-state index contributed by atoms with van der Waals surface area (Å²) in [6.45, 7) is 1.24. The smallest absolute Gasteiger partial charge is 0.270 e. The van der Waals surface area contributed by atoms with Crippen LogP contribution in [0.25, 0.3) is 0 Å². The van der Waals surface area contributed by atoms with E-state index in [1.807, 2.05) is 0 Å². The van der Waals surface area contributed by atoms with Gasteiger partial charge in [-0.2, -0.15) is 4.31 Å². The molecule has 1 aliphatic rings. The lowest BCUT2D eigenvalue weighted by atomic mass is 10.1. The third kappa shape index (κ3) is 4.92. The second-order valence-electron chi connectivity index (χ2n) is 6.71. The molecule has 8 nitrogen and oxygen atoms in total. The molecule has 0 unspecified atom stereocenters. The van der Waals surface area contributed by atoms with Gasteiger partial charge in [0.2, 0.25) is 10.0 Å². The van der Waals surface area contributed by atoms with Crippen molar-refractivity contribution in [3.05, 3.63) is 68.7 Å². The van der Waals surface area contributed by atoms with Crippen LogP contribution in [-0.2, 0) is 16.6 Å². The topological polar surface area (TPSA) is 110 Å². The molecule has 0 aromatic heterocycles. The first-order valence-corrected chi connectivity index (χ1v) is 10.9. The van der Waals surface area contributed by atoms with Crippen LogP contribution in [0, 0.1) is 10.1 Å². The van der Waals surface area contributed by atoms with E-state index < -0.39 is 20.9 Å². The number of nitro groups is 1. The van der Waals surface area contributed by atoms with Gasteiger partial charge in [-0.15, -0.1) is 0 Å². The summed E-state index contributed by atoms with van der Waals surface area (Å²) >= 11 is 5.96. The van der Waals surface area contributed by atoms with E-state index in [0.29, 0.717) is 18.7 Å². The molecule has 1 fully saturated rings. The molecule has 3 rings (SSSR count). The minimum absolute atomic E-state index is 0.0142. The molecule has 0 saturated carbocycles. The van der Waals surface area contributed by atoms with Crippen molar-refractivity contribution < 1.29 is 18.1 Å². The minimum atomic E-state index is -3.50. The second-order valence-corrected chi connectivity index (χ2v) is 9.06. The monoisotopic (exact) mass is 437 g/mol. The van der Waals surface area contributed by atoms with Gasteiger partial charge in [0, 0.05) is 31.8 Å². The predicted octanol–water partition coefficient (Wildman–Crippen LogP) is 3.35. The van der Waals surface area contributed by atoms with E-state index in [1.54, 1.807) is 12.1 Å². The average Bonchev–Trinajstić information content (AvgIpc) is 2.72. The van der Waals surface area contributed by atoms with Gasteiger partial charge in [0.1, 0.15) is 0 Å². The van der Waals surface area contributed by atoms with E-state index in [4.69, 9.17) is 11.6 Å². The van der Waals surface area contributed by atoms with E-state index in [-0.39, 0.29) is 27.7 Å². The van der Waals surface area contributed by atoms with Crippen LogP contribution in [0.3, 0.4) is 0 Å². The van der Waals surface area contributed by atoms with E-state index in [9.17, 15) is 23.3 Å². The average molecular weight is 438 g/mol. The Morgan fingerprint density at radius 1 is 1.10 bits per heavy atom. The molecule has 29 heavy (non-hydrogen) atoms. The number of sulfonamides is 1. The molecule has 2 aromatic rings. The van der Waals surface area contributed by atoms with Crippen molar-refractivity contribution in [3.8, 4) is 0 Å². The fourth-order valence-corrected chi connectivity index (χ4v) is 4.89. The number of hydrogen-bond acceptors (Lipinski definition) is 5. The maximum Gasteiger partial charge on any atom is 0.270 e. The fourth-order valence-electron chi connectivity index (χ4n) is 3.11. The summed E-state index contributed by atoms with van der Waals surface area (Å²) in [6.07, 6.45) is 2.78. The molecule has 1 heterocycles. The van der Waals surface area contributed by atoms with Crippen LogP contribution >= 0.6 is 11.6 Å². The van der Waals surface area contributed by atoms with Gasteiger partial charge in [0.25, 0.3) is 11.6 Å². The Balaban J connectivity index is 1.64. The molecule has 0 spiro atoms. The summed E-state index contributed by atoms with van der Waals surface area (Å²) < 4.78 is 26.8. The molecule has 0 atom stereocenters.